The lowest BCUT2D eigenvalue weighted by Gasteiger charge is -2.14. The van der Waals surface area contributed by atoms with E-state index in [1.54, 1.807) is 55.9 Å². The molecule has 4 aromatic rings. The van der Waals surface area contributed by atoms with E-state index in [9.17, 15) is 9.59 Å². The van der Waals surface area contributed by atoms with Gasteiger partial charge in [-0.1, -0.05) is 5.16 Å². The molecule has 160 valence electrons. The van der Waals surface area contributed by atoms with E-state index >= 15 is 0 Å². The molecule has 0 atom stereocenters. The molecule has 0 radical (unpaired) electrons. The number of aromatic nitrogens is 6. The van der Waals surface area contributed by atoms with Gasteiger partial charge >= 0.3 is 0 Å². The minimum atomic E-state index is -0.424. The lowest BCUT2D eigenvalue weighted by molar-refractivity contribution is 0.0816. The quantitative estimate of drug-likeness (QED) is 0.522. The normalized spacial score (nSPS) is 11.1. The molecule has 4 heterocycles. The fourth-order valence-electron chi connectivity index (χ4n) is 3.32. The van der Waals surface area contributed by atoms with Crippen LogP contribution in [0, 0.1) is 6.92 Å². The molecule has 0 bridgehead atoms. The molecule has 4 rings (SSSR count). The molecule has 0 aromatic carbocycles. The Morgan fingerprint density at radius 1 is 1.23 bits per heavy atom. The number of carbonyl (C=O) groups excluding carboxylic acids is 2. The molecule has 0 aliphatic rings. The first kappa shape index (κ1) is 20.3. The van der Waals surface area contributed by atoms with Crippen LogP contribution in [0.1, 0.15) is 33.5 Å². The maximum Gasteiger partial charge on any atom is 0.273 e. The van der Waals surface area contributed by atoms with E-state index in [1.165, 1.54) is 11.1 Å². The highest BCUT2D eigenvalue weighted by molar-refractivity contribution is 6.14. The Kier molecular flexibility index (Phi) is 5.01. The zero-order chi connectivity index (χ0) is 22.3. The van der Waals surface area contributed by atoms with E-state index in [-0.39, 0.29) is 11.6 Å². The van der Waals surface area contributed by atoms with Crippen LogP contribution in [0.2, 0.25) is 0 Å². The van der Waals surface area contributed by atoms with Crippen LogP contribution in [0.4, 0.5) is 5.69 Å². The zero-order valence-electron chi connectivity index (χ0n) is 17.9. The average Bonchev–Trinajstić information content (AvgIpc) is 3.45. The van der Waals surface area contributed by atoms with Crippen molar-refractivity contribution in [3.05, 3.63) is 41.6 Å². The topological polar surface area (TPSA) is 124 Å². The molecule has 0 fully saturated rings. The highest BCUT2D eigenvalue weighted by atomic mass is 16.5. The van der Waals surface area contributed by atoms with Gasteiger partial charge in [0.1, 0.15) is 5.69 Å². The Bertz CT molecular complexity index is 1300. The number of fused-ring (bicyclic) bond motifs is 1. The van der Waals surface area contributed by atoms with E-state index in [1.807, 2.05) is 6.92 Å². The Labute approximate surface area is 177 Å². The third-order valence-electron chi connectivity index (χ3n) is 4.86. The minimum Gasteiger partial charge on any atom is -0.343 e. The van der Waals surface area contributed by atoms with E-state index in [0.717, 1.165) is 5.56 Å². The van der Waals surface area contributed by atoms with Crippen LogP contribution in [0.3, 0.4) is 0 Å². The molecular formula is C20H22N8O3. The maximum atomic E-state index is 13.3. The van der Waals surface area contributed by atoms with E-state index in [2.05, 4.69) is 25.7 Å². The molecule has 0 aliphatic carbocycles. The molecule has 0 spiro atoms. The largest absolute Gasteiger partial charge is 0.343 e. The van der Waals surface area contributed by atoms with E-state index in [0.29, 0.717) is 40.3 Å². The van der Waals surface area contributed by atoms with Crippen LogP contribution < -0.4 is 5.32 Å². The second-order valence-electron chi connectivity index (χ2n) is 7.28. The SMILES string of the molecule is CCn1ncc(NC(=O)c2cc(-c3cnn(C)c3)nc3onc(C)c23)c1C(=O)N(C)C. The number of nitrogens with one attached hydrogen (secondary N) is 1. The molecule has 0 unspecified atom stereocenters. The molecule has 0 aliphatic heterocycles. The van der Waals surface area contributed by atoms with Gasteiger partial charge in [-0.2, -0.15) is 10.2 Å². The Balaban J connectivity index is 1.79. The lowest BCUT2D eigenvalue weighted by Crippen LogP contribution is -2.26. The van der Waals surface area contributed by atoms with Crippen molar-refractivity contribution in [1.82, 2.24) is 34.6 Å². The summed E-state index contributed by atoms with van der Waals surface area (Å²) < 4.78 is 8.52. The predicted octanol–water partition coefficient (Wildman–Crippen LogP) is 2.10. The van der Waals surface area contributed by atoms with Crippen LogP contribution >= 0.6 is 0 Å². The van der Waals surface area contributed by atoms with Gasteiger partial charge in [0.05, 0.1) is 40.4 Å². The number of amides is 2. The van der Waals surface area contributed by atoms with Gasteiger partial charge in [0.25, 0.3) is 17.5 Å². The number of hydrogen-bond donors (Lipinski definition) is 1. The second-order valence-corrected chi connectivity index (χ2v) is 7.28. The molecule has 4 aromatic heterocycles. The van der Waals surface area contributed by atoms with Crippen molar-refractivity contribution < 1.29 is 14.1 Å². The van der Waals surface area contributed by atoms with Crippen LogP contribution in [0.15, 0.2) is 29.2 Å². The van der Waals surface area contributed by atoms with Crippen molar-refractivity contribution in [2.45, 2.75) is 20.4 Å². The predicted molar refractivity (Wildman–Crippen MR) is 113 cm³/mol. The molecule has 11 nitrogen and oxygen atoms in total. The molecule has 11 heteroatoms. The second kappa shape index (κ2) is 7.67. The summed E-state index contributed by atoms with van der Waals surface area (Å²) in [4.78, 5) is 31.9. The molecule has 0 saturated carbocycles. The summed E-state index contributed by atoms with van der Waals surface area (Å²) in [5, 5.41) is 15.7. The Morgan fingerprint density at radius 2 is 2.00 bits per heavy atom. The molecular weight excluding hydrogens is 400 g/mol. The molecule has 31 heavy (non-hydrogen) atoms. The highest BCUT2D eigenvalue weighted by Crippen LogP contribution is 2.28. The summed E-state index contributed by atoms with van der Waals surface area (Å²) in [7, 11) is 5.09. The number of anilines is 1. The molecule has 2 amide bonds. The first-order valence-corrected chi connectivity index (χ1v) is 9.65. The fraction of sp³-hybridized carbons (Fsp3) is 0.300. The summed E-state index contributed by atoms with van der Waals surface area (Å²) in [6, 6.07) is 1.66. The van der Waals surface area contributed by atoms with Crippen LogP contribution in [0.25, 0.3) is 22.4 Å². The van der Waals surface area contributed by atoms with Gasteiger partial charge in [-0.25, -0.2) is 4.98 Å². The highest BCUT2D eigenvalue weighted by Gasteiger charge is 2.24. The van der Waals surface area contributed by atoms with Crippen LogP contribution in [-0.2, 0) is 13.6 Å². The van der Waals surface area contributed by atoms with Crippen molar-refractivity contribution in [3.63, 3.8) is 0 Å². The van der Waals surface area contributed by atoms with Crippen molar-refractivity contribution in [3.8, 4) is 11.3 Å². The summed E-state index contributed by atoms with van der Waals surface area (Å²) in [5.41, 5.74) is 3.01. The van der Waals surface area contributed by atoms with Crippen LogP contribution in [-0.4, -0.2) is 60.5 Å². The maximum absolute atomic E-state index is 13.3. The number of pyridine rings is 1. The summed E-state index contributed by atoms with van der Waals surface area (Å²) in [6.07, 6.45) is 4.91. The van der Waals surface area contributed by atoms with Gasteiger partial charge in [-0.05, 0) is 19.9 Å². The molecule has 1 N–H and O–H groups in total. The number of rotatable bonds is 5. The number of aryl methyl sites for hydroxylation is 3. The van der Waals surface area contributed by atoms with Crippen molar-refractivity contribution in [2.24, 2.45) is 7.05 Å². The van der Waals surface area contributed by atoms with Crippen molar-refractivity contribution in [1.29, 1.82) is 0 Å². The standard InChI is InChI=1S/C20H22N8O3/c1-6-28-17(20(30)26(3)4)15(9-22-28)23-18(29)13-7-14(12-8-21-27(5)10-12)24-19-16(13)11(2)25-31-19/h7-10H,6H2,1-5H3,(H,23,29). The van der Waals surface area contributed by atoms with Crippen molar-refractivity contribution in [2.75, 3.05) is 19.4 Å². The minimum absolute atomic E-state index is 0.248. The van der Waals surface area contributed by atoms with Gasteiger partial charge in [0.15, 0.2) is 0 Å². The summed E-state index contributed by atoms with van der Waals surface area (Å²) in [5.74, 6) is -0.681. The number of hydrogen-bond acceptors (Lipinski definition) is 7. The third kappa shape index (κ3) is 3.54. The fourth-order valence-corrected chi connectivity index (χ4v) is 3.32. The van der Waals surface area contributed by atoms with Gasteiger partial charge in [0.2, 0.25) is 0 Å². The average molecular weight is 422 g/mol. The lowest BCUT2D eigenvalue weighted by atomic mass is 10.1. The first-order chi connectivity index (χ1) is 14.8. The number of carbonyl (C=O) groups is 2. The van der Waals surface area contributed by atoms with E-state index < -0.39 is 5.91 Å². The van der Waals surface area contributed by atoms with E-state index in [4.69, 9.17) is 4.52 Å². The monoisotopic (exact) mass is 422 g/mol. The number of nitrogens with zero attached hydrogens (tertiary/aromatic N) is 7. The van der Waals surface area contributed by atoms with Crippen LogP contribution in [0.5, 0.6) is 0 Å². The zero-order valence-corrected chi connectivity index (χ0v) is 17.9. The third-order valence-corrected chi connectivity index (χ3v) is 4.86. The van der Waals surface area contributed by atoms with Gasteiger partial charge in [0, 0.05) is 39.4 Å². The van der Waals surface area contributed by atoms with Crippen molar-refractivity contribution >= 4 is 28.6 Å². The van der Waals surface area contributed by atoms with Gasteiger partial charge in [-0.15, -0.1) is 0 Å². The Morgan fingerprint density at radius 3 is 2.65 bits per heavy atom. The Hall–Kier alpha value is -4.02. The van der Waals surface area contributed by atoms with Gasteiger partial charge < -0.3 is 14.7 Å². The summed E-state index contributed by atoms with van der Waals surface area (Å²) >= 11 is 0. The van der Waals surface area contributed by atoms with Gasteiger partial charge in [-0.3, -0.25) is 19.0 Å². The smallest absolute Gasteiger partial charge is 0.273 e. The first-order valence-electron chi connectivity index (χ1n) is 9.65. The summed E-state index contributed by atoms with van der Waals surface area (Å²) in [6.45, 7) is 4.10. The molecule has 0 saturated heterocycles.